The van der Waals surface area contributed by atoms with Crippen molar-refractivity contribution in [1.82, 2.24) is 10.6 Å². The topological polar surface area (TPSA) is 73.7 Å². The van der Waals surface area contributed by atoms with E-state index in [4.69, 9.17) is 5.11 Å². The van der Waals surface area contributed by atoms with Crippen molar-refractivity contribution in [2.24, 2.45) is 4.99 Å². The molecule has 0 fully saturated rings. The fourth-order valence-electron chi connectivity index (χ4n) is 0.557. The summed E-state index contributed by atoms with van der Waals surface area (Å²) < 4.78 is 0. The predicted octanol–water partition coefficient (Wildman–Crippen LogP) is 0.241. The molecule has 0 saturated heterocycles. The molecule has 5 heteroatoms. The van der Waals surface area contributed by atoms with Gasteiger partial charge in [-0.15, -0.1) is 0 Å². The molecule has 0 bridgehead atoms. The molecular formula is C6H7N3O2. The van der Waals surface area contributed by atoms with Gasteiger partial charge in [-0.05, 0) is 12.2 Å². The van der Waals surface area contributed by atoms with Gasteiger partial charge < -0.3 is 10.4 Å². The number of rotatable bonds is 0. The minimum atomic E-state index is -1.14. The molecule has 0 aromatic heterocycles. The van der Waals surface area contributed by atoms with E-state index >= 15 is 0 Å². The average Bonchev–Trinajstić information content (AvgIpc) is 2.14. The first-order valence-electron chi connectivity index (χ1n) is 2.95. The van der Waals surface area contributed by atoms with Crippen LogP contribution in [-0.4, -0.2) is 17.2 Å². The Bertz CT molecular complexity index is 242. The molecule has 0 aromatic carbocycles. The zero-order valence-electron chi connectivity index (χ0n) is 5.61. The maximum absolute atomic E-state index is 10.1. The van der Waals surface area contributed by atoms with Crippen LogP contribution in [0.5, 0.6) is 0 Å². The molecule has 11 heavy (non-hydrogen) atoms. The number of nitrogens with zero attached hydrogens (tertiary/aromatic N) is 1. The highest BCUT2D eigenvalue weighted by Gasteiger charge is 1.99. The lowest BCUT2D eigenvalue weighted by atomic mass is 10.6. The Kier molecular flexibility index (Phi) is 2.27. The van der Waals surface area contributed by atoms with Gasteiger partial charge in [0.1, 0.15) is 0 Å². The second kappa shape index (κ2) is 3.40. The number of carbonyl (C=O) groups is 1. The van der Waals surface area contributed by atoms with Crippen molar-refractivity contribution in [3.8, 4) is 0 Å². The molecule has 1 rings (SSSR count). The van der Waals surface area contributed by atoms with Gasteiger partial charge in [-0.25, -0.2) is 9.79 Å². The Morgan fingerprint density at radius 2 is 2.45 bits per heavy atom. The molecular weight excluding hydrogens is 146 g/mol. The molecule has 1 aliphatic heterocycles. The van der Waals surface area contributed by atoms with Crippen molar-refractivity contribution in [3.63, 3.8) is 0 Å². The molecule has 1 amide bonds. The number of aliphatic imine (C=N–C) groups is 1. The van der Waals surface area contributed by atoms with Crippen LogP contribution in [0.3, 0.4) is 0 Å². The normalized spacial score (nSPS) is 14.7. The van der Waals surface area contributed by atoms with Crippen LogP contribution in [0.15, 0.2) is 29.5 Å². The summed E-state index contributed by atoms with van der Waals surface area (Å²) in [6.07, 6.45) is 5.32. The van der Waals surface area contributed by atoms with Gasteiger partial charge in [0.25, 0.3) is 0 Å². The Hall–Kier alpha value is -1.78. The van der Waals surface area contributed by atoms with Gasteiger partial charge in [0.2, 0.25) is 5.96 Å². The largest absolute Gasteiger partial charge is 0.465 e. The van der Waals surface area contributed by atoms with E-state index in [2.05, 4.69) is 15.6 Å². The Morgan fingerprint density at radius 1 is 1.64 bits per heavy atom. The van der Waals surface area contributed by atoms with Crippen LogP contribution in [0.25, 0.3) is 0 Å². The molecule has 1 aliphatic rings. The van der Waals surface area contributed by atoms with Crippen LogP contribution in [0.1, 0.15) is 0 Å². The summed E-state index contributed by atoms with van der Waals surface area (Å²) in [5.41, 5.74) is 0. The minimum Gasteiger partial charge on any atom is -0.465 e. The number of allylic oxidation sites excluding steroid dienone is 2. The molecule has 5 nitrogen and oxygen atoms in total. The van der Waals surface area contributed by atoms with Crippen LogP contribution >= 0.6 is 0 Å². The highest BCUT2D eigenvalue weighted by molar-refractivity contribution is 5.94. The molecule has 0 saturated carbocycles. The van der Waals surface area contributed by atoms with Crippen molar-refractivity contribution < 1.29 is 9.90 Å². The van der Waals surface area contributed by atoms with E-state index < -0.39 is 6.09 Å². The zero-order valence-corrected chi connectivity index (χ0v) is 5.61. The Balaban J connectivity index is 2.57. The Labute approximate surface area is 63.1 Å². The zero-order chi connectivity index (χ0) is 8.10. The van der Waals surface area contributed by atoms with Gasteiger partial charge in [0.05, 0.1) is 0 Å². The number of guanidine groups is 1. The quantitative estimate of drug-likeness (QED) is 0.466. The fraction of sp³-hybridized carbons (Fsp3) is 0. The number of hydrogen-bond donors (Lipinski definition) is 3. The molecule has 0 unspecified atom stereocenters. The lowest BCUT2D eigenvalue weighted by Crippen LogP contribution is -2.37. The molecule has 0 atom stereocenters. The molecule has 0 radical (unpaired) electrons. The number of hydrogen-bond acceptors (Lipinski definition) is 3. The summed E-state index contributed by atoms with van der Waals surface area (Å²) in [4.78, 5) is 13.8. The summed E-state index contributed by atoms with van der Waals surface area (Å²) in [5, 5.41) is 13.0. The summed E-state index contributed by atoms with van der Waals surface area (Å²) in [6.45, 7) is 0. The second-order valence-electron chi connectivity index (χ2n) is 1.75. The van der Waals surface area contributed by atoms with Gasteiger partial charge in [0, 0.05) is 12.4 Å². The summed E-state index contributed by atoms with van der Waals surface area (Å²) in [6, 6.07) is 0. The summed E-state index contributed by atoms with van der Waals surface area (Å²) in [7, 11) is 0. The first-order chi connectivity index (χ1) is 5.29. The van der Waals surface area contributed by atoms with Crippen LogP contribution in [-0.2, 0) is 0 Å². The predicted molar refractivity (Wildman–Crippen MR) is 40.0 cm³/mol. The van der Waals surface area contributed by atoms with E-state index in [1.165, 1.54) is 6.20 Å². The molecule has 3 N–H and O–H groups in total. The van der Waals surface area contributed by atoms with Crippen molar-refractivity contribution in [2.45, 2.75) is 0 Å². The van der Waals surface area contributed by atoms with Crippen LogP contribution in [0.4, 0.5) is 4.79 Å². The van der Waals surface area contributed by atoms with E-state index in [1.54, 1.807) is 18.4 Å². The number of carboxylic acid groups (broad SMARTS) is 1. The monoisotopic (exact) mass is 153 g/mol. The van der Waals surface area contributed by atoms with Crippen LogP contribution < -0.4 is 10.6 Å². The third kappa shape index (κ3) is 2.53. The van der Waals surface area contributed by atoms with Gasteiger partial charge >= 0.3 is 6.09 Å². The van der Waals surface area contributed by atoms with Crippen molar-refractivity contribution in [3.05, 3.63) is 24.6 Å². The van der Waals surface area contributed by atoms with E-state index in [0.717, 1.165) is 0 Å². The standard InChI is InChI=1S/C6H7N3O2/c10-6(11)9-5-7-3-1-2-4-8-5/h1-4H,(H,10,11)(H2,7,8,9). The summed E-state index contributed by atoms with van der Waals surface area (Å²) in [5.74, 6) is 0.197. The van der Waals surface area contributed by atoms with Crippen molar-refractivity contribution in [2.75, 3.05) is 0 Å². The molecule has 0 aliphatic carbocycles. The first kappa shape index (κ1) is 7.33. The van der Waals surface area contributed by atoms with Gasteiger partial charge in [0.15, 0.2) is 0 Å². The highest BCUT2D eigenvalue weighted by atomic mass is 16.4. The maximum Gasteiger partial charge on any atom is 0.411 e. The molecule has 58 valence electrons. The van der Waals surface area contributed by atoms with E-state index in [0.29, 0.717) is 0 Å². The number of amides is 1. The maximum atomic E-state index is 10.1. The van der Waals surface area contributed by atoms with Crippen molar-refractivity contribution >= 4 is 12.1 Å². The summed E-state index contributed by atoms with van der Waals surface area (Å²) >= 11 is 0. The third-order valence-corrected chi connectivity index (χ3v) is 0.942. The van der Waals surface area contributed by atoms with E-state index in [9.17, 15) is 4.79 Å². The lowest BCUT2D eigenvalue weighted by molar-refractivity contribution is 0.200. The second-order valence-corrected chi connectivity index (χ2v) is 1.75. The van der Waals surface area contributed by atoms with Crippen LogP contribution in [0.2, 0.25) is 0 Å². The first-order valence-corrected chi connectivity index (χ1v) is 2.95. The third-order valence-electron chi connectivity index (χ3n) is 0.942. The molecule has 0 aromatic rings. The number of nitrogens with one attached hydrogen (secondary N) is 2. The van der Waals surface area contributed by atoms with Gasteiger partial charge in [-0.2, -0.15) is 0 Å². The SMILES string of the molecule is O=C(O)NC1=NC=CC=CN1. The molecule has 0 spiro atoms. The van der Waals surface area contributed by atoms with Crippen LogP contribution in [0, 0.1) is 0 Å². The van der Waals surface area contributed by atoms with Gasteiger partial charge in [-0.3, -0.25) is 5.32 Å². The Morgan fingerprint density at radius 3 is 3.18 bits per heavy atom. The van der Waals surface area contributed by atoms with E-state index in [-0.39, 0.29) is 5.96 Å². The van der Waals surface area contributed by atoms with Crippen molar-refractivity contribution in [1.29, 1.82) is 0 Å². The lowest BCUT2D eigenvalue weighted by Gasteiger charge is -2.01. The highest BCUT2D eigenvalue weighted by Crippen LogP contribution is 1.83. The molecule has 1 heterocycles. The average molecular weight is 153 g/mol. The minimum absolute atomic E-state index is 0.197. The smallest absolute Gasteiger partial charge is 0.411 e. The van der Waals surface area contributed by atoms with E-state index in [1.807, 2.05) is 0 Å². The van der Waals surface area contributed by atoms with Gasteiger partial charge in [-0.1, -0.05) is 0 Å². The fourth-order valence-corrected chi connectivity index (χ4v) is 0.557.